The van der Waals surface area contributed by atoms with Crippen molar-refractivity contribution in [1.82, 2.24) is 20.4 Å². The molecule has 1 unspecified atom stereocenters. The van der Waals surface area contributed by atoms with Crippen LogP contribution in [-0.2, 0) is 6.54 Å². The first-order valence-electron chi connectivity index (χ1n) is 11.1. The fourth-order valence-electron chi connectivity index (χ4n) is 4.14. The molecule has 0 saturated heterocycles. The molecule has 1 atom stereocenters. The normalized spacial score (nSPS) is 15.8. The molecule has 0 bridgehead atoms. The number of hydrogen-bond acceptors (Lipinski definition) is 5. The SMILES string of the molecule is COc1ccc(CN2C(=O)NC(c3ccccc3)C(c3nc(-c4cccc(F)c4)no3)=C2C)cc1. The Morgan fingerprint density at radius 2 is 1.83 bits per heavy atom. The molecule has 1 N–H and O–H groups in total. The van der Waals surface area contributed by atoms with Gasteiger partial charge in [0, 0.05) is 11.3 Å². The van der Waals surface area contributed by atoms with Crippen LogP contribution < -0.4 is 10.1 Å². The van der Waals surface area contributed by atoms with Gasteiger partial charge in [0.25, 0.3) is 5.89 Å². The Labute approximate surface area is 201 Å². The smallest absolute Gasteiger partial charge is 0.322 e. The van der Waals surface area contributed by atoms with Gasteiger partial charge in [-0.3, -0.25) is 4.90 Å². The van der Waals surface area contributed by atoms with Crippen LogP contribution in [-0.4, -0.2) is 28.2 Å². The first kappa shape index (κ1) is 22.3. The lowest BCUT2D eigenvalue weighted by Crippen LogP contribution is -2.45. The topological polar surface area (TPSA) is 80.5 Å². The minimum Gasteiger partial charge on any atom is -0.497 e. The van der Waals surface area contributed by atoms with E-state index in [4.69, 9.17) is 9.26 Å². The molecule has 4 aromatic rings. The zero-order chi connectivity index (χ0) is 24.4. The van der Waals surface area contributed by atoms with Crippen molar-refractivity contribution in [2.45, 2.75) is 19.5 Å². The number of ether oxygens (including phenoxy) is 1. The van der Waals surface area contributed by atoms with Crippen LogP contribution in [0.2, 0.25) is 0 Å². The molecule has 1 aromatic heterocycles. The van der Waals surface area contributed by atoms with Crippen LogP contribution in [0.15, 0.2) is 89.1 Å². The quantitative estimate of drug-likeness (QED) is 0.398. The Kier molecular flexibility index (Phi) is 6.01. The number of aromatic nitrogens is 2. The van der Waals surface area contributed by atoms with Crippen LogP contribution in [0.3, 0.4) is 0 Å². The Morgan fingerprint density at radius 1 is 1.06 bits per heavy atom. The molecular formula is C27H23FN4O3. The highest BCUT2D eigenvalue weighted by Crippen LogP contribution is 2.37. The van der Waals surface area contributed by atoms with Crippen molar-refractivity contribution < 1.29 is 18.4 Å². The molecule has 3 aromatic carbocycles. The molecule has 0 radical (unpaired) electrons. The molecule has 1 aliphatic rings. The molecule has 0 fully saturated rings. The average Bonchev–Trinajstić information content (AvgIpc) is 3.37. The minimum absolute atomic E-state index is 0.235. The number of carbonyl (C=O) groups is 1. The summed E-state index contributed by atoms with van der Waals surface area (Å²) in [5, 5.41) is 7.16. The second kappa shape index (κ2) is 9.42. The summed E-state index contributed by atoms with van der Waals surface area (Å²) in [4.78, 5) is 19.4. The van der Waals surface area contributed by atoms with Crippen molar-refractivity contribution >= 4 is 11.6 Å². The number of hydrogen-bond donors (Lipinski definition) is 1. The maximum Gasteiger partial charge on any atom is 0.322 e. The summed E-state index contributed by atoms with van der Waals surface area (Å²) in [6, 6.07) is 22.4. The highest BCUT2D eigenvalue weighted by Gasteiger charge is 2.35. The molecular weight excluding hydrogens is 447 g/mol. The summed E-state index contributed by atoms with van der Waals surface area (Å²) >= 11 is 0. The lowest BCUT2D eigenvalue weighted by Gasteiger charge is -2.35. The fraction of sp³-hybridized carbons (Fsp3) is 0.148. The molecule has 0 saturated carbocycles. The minimum atomic E-state index is -0.489. The van der Waals surface area contributed by atoms with Gasteiger partial charge >= 0.3 is 6.03 Å². The number of amides is 2. The average molecular weight is 471 g/mol. The first-order chi connectivity index (χ1) is 17.0. The van der Waals surface area contributed by atoms with E-state index in [0.717, 1.165) is 16.9 Å². The number of urea groups is 1. The number of carbonyl (C=O) groups excluding carboxylic acids is 1. The Balaban J connectivity index is 1.57. The molecule has 35 heavy (non-hydrogen) atoms. The highest BCUT2D eigenvalue weighted by molar-refractivity contribution is 5.86. The molecule has 176 valence electrons. The molecule has 7 nitrogen and oxygen atoms in total. The predicted molar refractivity (Wildman–Crippen MR) is 129 cm³/mol. The summed E-state index contributed by atoms with van der Waals surface area (Å²) in [7, 11) is 1.61. The first-order valence-corrected chi connectivity index (χ1v) is 11.1. The van der Waals surface area contributed by atoms with Gasteiger partial charge in [0.1, 0.15) is 11.6 Å². The van der Waals surface area contributed by atoms with Crippen LogP contribution in [0.5, 0.6) is 5.75 Å². The van der Waals surface area contributed by atoms with E-state index in [-0.39, 0.29) is 23.6 Å². The van der Waals surface area contributed by atoms with Crippen LogP contribution >= 0.6 is 0 Å². The van der Waals surface area contributed by atoms with Crippen molar-refractivity contribution in [2.75, 3.05) is 7.11 Å². The standard InChI is InChI=1S/C27H23FN4O3/c1-17-23(26-30-25(31-35-26)20-9-6-10-21(28)15-20)24(19-7-4-3-5-8-19)29-27(33)32(17)16-18-11-13-22(34-2)14-12-18/h3-15,24H,16H2,1-2H3,(H,29,33). The number of halogens is 1. The van der Waals surface area contributed by atoms with Crippen molar-refractivity contribution in [3.63, 3.8) is 0 Å². The van der Waals surface area contributed by atoms with E-state index in [1.165, 1.54) is 12.1 Å². The van der Waals surface area contributed by atoms with Crippen molar-refractivity contribution in [2.24, 2.45) is 0 Å². The molecule has 0 spiro atoms. The lowest BCUT2D eigenvalue weighted by molar-refractivity contribution is 0.203. The van der Waals surface area contributed by atoms with E-state index in [0.29, 0.717) is 23.4 Å². The maximum absolute atomic E-state index is 13.8. The van der Waals surface area contributed by atoms with Gasteiger partial charge < -0.3 is 14.6 Å². The van der Waals surface area contributed by atoms with Crippen LogP contribution in [0, 0.1) is 5.82 Å². The largest absolute Gasteiger partial charge is 0.497 e. The molecule has 2 amide bonds. The summed E-state index contributed by atoms with van der Waals surface area (Å²) in [6.45, 7) is 2.21. The number of nitrogens with one attached hydrogen (secondary N) is 1. The van der Waals surface area contributed by atoms with Gasteiger partial charge in [-0.2, -0.15) is 4.98 Å². The molecule has 5 rings (SSSR count). The zero-order valence-electron chi connectivity index (χ0n) is 19.2. The van der Waals surface area contributed by atoms with E-state index in [1.807, 2.05) is 61.5 Å². The van der Waals surface area contributed by atoms with E-state index in [2.05, 4.69) is 15.5 Å². The van der Waals surface area contributed by atoms with Crippen LogP contribution in [0.25, 0.3) is 17.0 Å². The van der Waals surface area contributed by atoms with E-state index in [1.54, 1.807) is 24.1 Å². The predicted octanol–water partition coefficient (Wildman–Crippen LogP) is 5.58. The number of methoxy groups -OCH3 is 1. The second-order valence-electron chi connectivity index (χ2n) is 8.16. The van der Waals surface area contributed by atoms with Crippen LogP contribution in [0.1, 0.15) is 30.0 Å². The monoisotopic (exact) mass is 470 g/mol. The van der Waals surface area contributed by atoms with Gasteiger partial charge in [-0.25, -0.2) is 9.18 Å². The third-order valence-corrected chi connectivity index (χ3v) is 5.97. The van der Waals surface area contributed by atoms with Crippen molar-refractivity contribution in [3.8, 4) is 17.1 Å². The Bertz CT molecular complexity index is 1380. The third kappa shape index (κ3) is 4.50. The van der Waals surface area contributed by atoms with Crippen molar-refractivity contribution in [1.29, 1.82) is 0 Å². The molecule has 0 aliphatic carbocycles. The van der Waals surface area contributed by atoms with E-state index < -0.39 is 6.04 Å². The molecule has 2 heterocycles. The summed E-state index contributed by atoms with van der Waals surface area (Å²) < 4.78 is 24.6. The summed E-state index contributed by atoms with van der Waals surface area (Å²) in [5.41, 5.74) is 3.69. The number of benzene rings is 3. The fourth-order valence-corrected chi connectivity index (χ4v) is 4.14. The summed E-state index contributed by atoms with van der Waals surface area (Å²) in [6.07, 6.45) is 0. The number of rotatable bonds is 6. The molecule has 1 aliphatic heterocycles. The lowest BCUT2D eigenvalue weighted by atomic mass is 9.94. The van der Waals surface area contributed by atoms with E-state index in [9.17, 15) is 9.18 Å². The molecule has 8 heteroatoms. The van der Waals surface area contributed by atoms with E-state index >= 15 is 0 Å². The van der Waals surface area contributed by atoms with Gasteiger partial charge in [-0.05, 0) is 42.3 Å². The van der Waals surface area contributed by atoms with Gasteiger partial charge in [0.15, 0.2) is 0 Å². The van der Waals surface area contributed by atoms with Gasteiger partial charge in [0.2, 0.25) is 5.82 Å². The number of allylic oxidation sites excluding steroid dienone is 1. The maximum atomic E-state index is 13.8. The Morgan fingerprint density at radius 3 is 2.54 bits per heavy atom. The number of nitrogens with zero attached hydrogens (tertiary/aromatic N) is 3. The van der Waals surface area contributed by atoms with Gasteiger partial charge in [0.05, 0.1) is 25.3 Å². The zero-order valence-corrected chi connectivity index (χ0v) is 19.2. The Hall–Kier alpha value is -4.46. The summed E-state index contributed by atoms with van der Waals surface area (Å²) in [5.74, 6) is 0.882. The second-order valence-corrected chi connectivity index (χ2v) is 8.16. The van der Waals surface area contributed by atoms with Crippen molar-refractivity contribution in [3.05, 3.63) is 107 Å². The van der Waals surface area contributed by atoms with Crippen LogP contribution in [0.4, 0.5) is 9.18 Å². The highest BCUT2D eigenvalue weighted by atomic mass is 19.1. The van der Waals surface area contributed by atoms with Gasteiger partial charge in [-0.1, -0.05) is 59.8 Å². The van der Waals surface area contributed by atoms with Gasteiger partial charge in [-0.15, -0.1) is 0 Å². The third-order valence-electron chi connectivity index (χ3n) is 5.97.